The molecule has 0 saturated carbocycles. The summed E-state index contributed by atoms with van der Waals surface area (Å²) in [5.41, 5.74) is 0. The summed E-state index contributed by atoms with van der Waals surface area (Å²) < 4.78 is 1.28. The maximum absolute atomic E-state index is 4.13. The van der Waals surface area contributed by atoms with E-state index in [1.807, 2.05) is 0 Å². The van der Waals surface area contributed by atoms with Gasteiger partial charge in [0, 0.05) is 4.70 Å². The van der Waals surface area contributed by atoms with E-state index in [1.54, 1.807) is 0 Å². The molecule has 0 radical (unpaired) electrons. The Morgan fingerprint density at radius 2 is 2.00 bits per heavy atom. The van der Waals surface area contributed by atoms with E-state index < -0.39 is 0 Å². The van der Waals surface area contributed by atoms with Gasteiger partial charge >= 0.3 is 29.6 Å². The van der Waals surface area contributed by atoms with Gasteiger partial charge in [-0.1, -0.05) is 12.2 Å². The molecule has 0 aromatic rings. The molecule has 0 aromatic carbocycles. The Labute approximate surface area is 60.2 Å². The topological polar surface area (TPSA) is 0 Å². The van der Waals surface area contributed by atoms with E-state index in [2.05, 4.69) is 24.8 Å². The summed E-state index contributed by atoms with van der Waals surface area (Å²) in [5.74, 6) is 0. The van der Waals surface area contributed by atoms with E-state index in [0.717, 1.165) is 0 Å². The number of thiocarbonyl (C=S) groups is 1. The van der Waals surface area contributed by atoms with Crippen LogP contribution >= 0.6 is 24.8 Å². The van der Waals surface area contributed by atoms with Crippen LogP contribution in [0.1, 0.15) is 1.43 Å². The molecule has 0 rings (SSSR count). The molecule has 0 unspecified atom stereocenters. The Hall–Kier alpha value is 1.44. The second-order valence-corrected chi connectivity index (χ2v) is 0.949. The first-order valence-electron chi connectivity index (χ1n) is 0.494. The standard InChI is InChI=1S/CH2S2.Na.H/c2-1-3;;/h1H,(H,2,3);;/q;+1;-1. The van der Waals surface area contributed by atoms with Gasteiger partial charge < -0.3 is 1.43 Å². The fraction of sp³-hybridized carbons (Fsp3) is 0. The quantitative estimate of drug-likeness (QED) is 0.209. The zero-order valence-electron chi connectivity index (χ0n) is 3.43. The fourth-order valence-electron chi connectivity index (χ4n) is 0. The largest absolute Gasteiger partial charge is 1.00 e. The van der Waals surface area contributed by atoms with Crippen molar-refractivity contribution in [3.63, 3.8) is 0 Å². The van der Waals surface area contributed by atoms with Crippen LogP contribution in [0.15, 0.2) is 0 Å². The number of hydrogen-bond donors (Lipinski definition) is 1. The van der Waals surface area contributed by atoms with Gasteiger partial charge in [0.25, 0.3) is 0 Å². The van der Waals surface area contributed by atoms with Crippen LogP contribution in [-0.2, 0) is 0 Å². The number of rotatable bonds is 0. The van der Waals surface area contributed by atoms with Gasteiger partial charge in [-0.25, -0.2) is 0 Å². The van der Waals surface area contributed by atoms with Gasteiger partial charge in [-0.2, -0.15) is 0 Å². The Morgan fingerprint density at radius 3 is 2.00 bits per heavy atom. The molecule has 0 aliphatic heterocycles. The molecule has 0 nitrogen and oxygen atoms in total. The van der Waals surface area contributed by atoms with Crippen LogP contribution in [0.25, 0.3) is 0 Å². The molecule has 0 aliphatic carbocycles. The van der Waals surface area contributed by atoms with E-state index in [-0.39, 0.29) is 31.0 Å². The van der Waals surface area contributed by atoms with Gasteiger partial charge in [-0.15, -0.1) is 12.6 Å². The predicted molar refractivity (Wildman–Crippen MR) is 23.8 cm³/mol. The van der Waals surface area contributed by atoms with Gasteiger partial charge in [-0.3, -0.25) is 0 Å². The molecule has 0 fully saturated rings. The molecule has 4 heavy (non-hydrogen) atoms. The molecular formula is CH3NaS2. The Balaban J connectivity index is -0.0000000200. The third kappa shape index (κ3) is 9.88. The Morgan fingerprint density at radius 1 is 2.00 bits per heavy atom. The zero-order chi connectivity index (χ0) is 2.71. The van der Waals surface area contributed by atoms with Gasteiger partial charge in [0.1, 0.15) is 0 Å². The van der Waals surface area contributed by atoms with Gasteiger partial charge in [0.05, 0.1) is 0 Å². The molecule has 0 bridgehead atoms. The smallest absolute Gasteiger partial charge is 1.00 e. The van der Waals surface area contributed by atoms with Crippen molar-refractivity contribution in [2.24, 2.45) is 0 Å². The molecule has 0 amide bonds. The van der Waals surface area contributed by atoms with Crippen molar-refractivity contribution < 1.29 is 31.0 Å². The fourth-order valence-corrected chi connectivity index (χ4v) is 0. The van der Waals surface area contributed by atoms with Crippen LogP contribution in [0.5, 0.6) is 0 Å². The van der Waals surface area contributed by atoms with Crippen molar-refractivity contribution in [2.45, 2.75) is 0 Å². The van der Waals surface area contributed by atoms with E-state index in [1.165, 1.54) is 4.70 Å². The Kier molecular flexibility index (Phi) is 20.0. The average molecular weight is 102 g/mol. The van der Waals surface area contributed by atoms with Crippen molar-refractivity contribution >= 4 is 29.5 Å². The third-order valence-electron chi connectivity index (χ3n) is 0. The van der Waals surface area contributed by atoms with Crippen molar-refractivity contribution in [3.05, 3.63) is 0 Å². The minimum absolute atomic E-state index is 0. The molecule has 0 atom stereocenters. The first-order chi connectivity index (χ1) is 1.41. The molecule has 0 saturated heterocycles. The van der Waals surface area contributed by atoms with Gasteiger partial charge in [0.15, 0.2) is 0 Å². The van der Waals surface area contributed by atoms with Gasteiger partial charge in [0.2, 0.25) is 0 Å². The second-order valence-electron chi connectivity index (χ2n) is 0.105. The minimum atomic E-state index is 0. The van der Waals surface area contributed by atoms with Crippen LogP contribution in [0.4, 0.5) is 0 Å². The molecule has 0 heterocycles. The summed E-state index contributed by atoms with van der Waals surface area (Å²) >= 11 is 7.61. The number of hydrogen-bond acceptors (Lipinski definition) is 1. The first kappa shape index (κ1) is 9.06. The molecule has 0 aromatic heterocycles. The van der Waals surface area contributed by atoms with Crippen LogP contribution in [0, 0.1) is 0 Å². The monoisotopic (exact) mass is 102 g/mol. The summed E-state index contributed by atoms with van der Waals surface area (Å²) in [6.45, 7) is 0. The van der Waals surface area contributed by atoms with Crippen molar-refractivity contribution in [2.75, 3.05) is 0 Å². The van der Waals surface area contributed by atoms with Crippen molar-refractivity contribution in [1.29, 1.82) is 0 Å². The maximum atomic E-state index is 4.13. The van der Waals surface area contributed by atoms with Crippen LogP contribution in [0.2, 0.25) is 0 Å². The second kappa shape index (κ2) is 8.83. The van der Waals surface area contributed by atoms with Crippen LogP contribution in [-0.4, -0.2) is 4.70 Å². The summed E-state index contributed by atoms with van der Waals surface area (Å²) in [5, 5.41) is 0. The number of thiol groups is 1. The summed E-state index contributed by atoms with van der Waals surface area (Å²) in [6, 6.07) is 0. The molecule has 0 aliphatic rings. The molecule has 0 spiro atoms. The molecular weight excluding hydrogens is 99.1 g/mol. The van der Waals surface area contributed by atoms with Crippen LogP contribution < -0.4 is 29.6 Å². The minimum Gasteiger partial charge on any atom is -1.00 e. The van der Waals surface area contributed by atoms with Gasteiger partial charge in [-0.05, 0) is 0 Å². The molecule has 3 heteroatoms. The average Bonchev–Trinajstić information content (AvgIpc) is 0.918. The Bertz CT molecular complexity index is 17.1. The van der Waals surface area contributed by atoms with E-state index in [9.17, 15) is 0 Å². The summed E-state index contributed by atoms with van der Waals surface area (Å²) in [7, 11) is 0. The van der Waals surface area contributed by atoms with E-state index in [0.29, 0.717) is 0 Å². The van der Waals surface area contributed by atoms with E-state index >= 15 is 0 Å². The SMILES string of the molecule is S=CS.[H-].[Na+]. The first-order valence-corrected chi connectivity index (χ1v) is 1.48. The van der Waals surface area contributed by atoms with Crippen molar-refractivity contribution in [3.8, 4) is 0 Å². The zero-order valence-corrected chi connectivity index (χ0v) is 6.14. The normalized spacial score (nSPS) is 3.25. The molecule has 20 valence electrons. The summed E-state index contributed by atoms with van der Waals surface area (Å²) in [6.07, 6.45) is 0. The summed E-state index contributed by atoms with van der Waals surface area (Å²) in [4.78, 5) is 0. The maximum Gasteiger partial charge on any atom is 1.00 e. The predicted octanol–water partition coefficient (Wildman–Crippen LogP) is -2.01. The van der Waals surface area contributed by atoms with Crippen LogP contribution in [0.3, 0.4) is 0 Å². The molecule has 0 N–H and O–H groups in total. The third-order valence-corrected chi connectivity index (χ3v) is 0. The van der Waals surface area contributed by atoms with E-state index in [4.69, 9.17) is 0 Å². The van der Waals surface area contributed by atoms with Crippen molar-refractivity contribution in [1.82, 2.24) is 0 Å².